The van der Waals surface area contributed by atoms with Crippen molar-refractivity contribution in [1.29, 1.82) is 5.26 Å². The number of rotatable bonds is 1. The normalized spacial score (nSPS) is 13.8. The molecule has 0 unspecified atom stereocenters. The van der Waals surface area contributed by atoms with Gasteiger partial charge >= 0.3 is 0 Å². The second-order valence-electron chi connectivity index (χ2n) is 3.39. The highest BCUT2D eigenvalue weighted by molar-refractivity contribution is 5.44. The van der Waals surface area contributed by atoms with Gasteiger partial charge in [0, 0.05) is 11.9 Å². The fourth-order valence-electron chi connectivity index (χ4n) is 2.08. The van der Waals surface area contributed by atoms with E-state index in [9.17, 15) is 0 Å². The molecule has 13 heavy (non-hydrogen) atoms. The average molecular weight is 172 g/mol. The maximum Gasteiger partial charge on any atom is 0.101 e. The maximum atomic E-state index is 8.89. The topological polar surface area (TPSA) is 36.7 Å². The number of fused-ring (bicyclic) bond motifs is 1. The molecule has 1 aliphatic carbocycles. The quantitative estimate of drug-likeness (QED) is 0.649. The van der Waals surface area contributed by atoms with Crippen molar-refractivity contribution in [1.82, 2.24) is 4.98 Å². The van der Waals surface area contributed by atoms with Gasteiger partial charge in [0.2, 0.25) is 0 Å². The Bertz CT molecular complexity index is 374. The summed E-state index contributed by atoms with van der Waals surface area (Å²) in [6.45, 7) is 2.11. The van der Waals surface area contributed by atoms with Gasteiger partial charge in [-0.2, -0.15) is 5.26 Å². The molecule has 0 amide bonds. The standard InChI is InChI=1S/C11H12N2/c1-2-9-8(6-12)7-13-11-5-3-4-10(9)11/h7H,2-5H2,1H3. The van der Waals surface area contributed by atoms with Crippen molar-refractivity contribution in [2.75, 3.05) is 0 Å². The van der Waals surface area contributed by atoms with Crippen molar-refractivity contribution in [3.05, 3.63) is 28.6 Å². The Balaban J connectivity index is 2.61. The minimum absolute atomic E-state index is 0.767. The molecule has 0 atom stereocenters. The van der Waals surface area contributed by atoms with Gasteiger partial charge in [0.1, 0.15) is 6.07 Å². The molecule has 1 aromatic heterocycles. The molecule has 0 N–H and O–H groups in total. The monoisotopic (exact) mass is 172 g/mol. The van der Waals surface area contributed by atoms with Crippen LogP contribution in [-0.2, 0) is 19.3 Å². The summed E-state index contributed by atoms with van der Waals surface area (Å²) in [4.78, 5) is 4.32. The molecule has 2 rings (SSSR count). The summed E-state index contributed by atoms with van der Waals surface area (Å²) >= 11 is 0. The SMILES string of the molecule is CCc1c(C#N)cnc2c1CCC2. The molecule has 66 valence electrons. The minimum Gasteiger partial charge on any atom is -0.260 e. The Kier molecular flexibility index (Phi) is 2.02. The molecular weight excluding hydrogens is 160 g/mol. The third kappa shape index (κ3) is 1.21. The van der Waals surface area contributed by atoms with Gasteiger partial charge in [0.15, 0.2) is 0 Å². The molecule has 0 saturated heterocycles. The summed E-state index contributed by atoms with van der Waals surface area (Å²) in [7, 11) is 0. The predicted octanol–water partition coefficient (Wildman–Crippen LogP) is 2.00. The molecule has 1 aromatic rings. The third-order valence-corrected chi connectivity index (χ3v) is 2.70. The van der Waals surface area contributed by atoms with E-state index in [1.54, 1.807) is 6.20 Å². The van der Waals surface area contributed by atoms with Crippen molar-refractivity contribution in [3.8, 4) is 6.07 Å². The van der Waals surface area contributed by atoms with Crippen molar-refractivity contribution < 1.29 is 0 Å². The van der Waals surface area contributed by atoms with Crippen molar-refractivity contribution in [2.24, 2.45) is 0 Å². The number of aryl methyl sites for hydroxylation is 1. The van der Waals surface area contributed by atoms with E-state index in [0.29, 0.717) is 0 Å². The molecule has 0 bridgehead atoms. The van der Waals surface area contributed by atoms with E-state index in [0.717, 1.165) is 24.8 Å². The fraction of sp³-hybridized carbons (Fsp3) is 0.455. The lowest BCUT2D eigenvalue weighted by Gasteiger charge is -2.06. The van der Waals surface area contributed by atoms with Gasteiger partial charge in [-0.15, -0.1) is 0 Å². The Hall–Kier alpha value is -1.36. The van der Waals surface area contributed by atoms with Crippen LogP contribution in [-0.4, -0.2) is 4.98 Å². The van der Waals surface area contributed by atoms with Crippen LogP contribution in [0, 0.1) is 11.3 Å². The fourth-order valence-corrected chi connectivity index (χ4v) is 2.08. The molecule has 1 heterocycles. The Labute approximate surface area is 78.2 Å². The number of hydrogen-bond donors (Lipinski definition) is 0. The van der Waals surface area contributed by atoms with Gasteiger partial charge in [0.25, 0.3) is 0 Å². The molecule has 0 fully saturated rings. The van der Waals surface area contributed by atoms with E-state index < -0.39 is 0 Å². The lowest BCUT2D eigenvalue weighted by molar-refractivity contribution is 0.896. The average Bonchev–Trinajstić information content (AvgIpc) is 2.63. The van der Waals surface area contributed by atoms with Crippen LogP contribution in [0.4, 0.5) is 0 Å². The lowest BCUT2D eigenvalue weighted by Crippen LogP contribution is -1.98. The Morgan fingerprint density at radius 1 is 1.54 bits per heavy atom. The second kappa shape index (κ2) is 3.18. The van der Waals surface area contributed by atoms with Crippen molar-refractivity contribution in [2.45, 2.75) is 32.6 Å². The molecule has 0 radical (unpaired) electrons. The lowest BCUT2D eigenvalue weighted by atomic mass is 10.0. The summed E-state index contributed by atoms with van der Waals surface area (Å²) < 4.78 is 0. The van der Waals surface area contributed by atoms with E-state index in [2.05, 4.69) is 18.0 Å². The predicted molar refractivity (Wildman–Crippen MR) is 50.4 cm³/mol. The highest BCUT2D eigenvalue weighted by atomic mass is 14.7. The minimum atomic E-state index is 0.767. The number of nitrogens with zero attached hydrogens (tertiary/aromatic N) is 2. The summed E-state index contributed by atoms with van der Waals surface area (Å²) in [5, 5.41) is 8.89. The van der Waals surface area contributed by atoms with Crippen LogP contribution in [0.5, 0.6) is 0 Å². The molecule has 0 aliphatic heterocycles. The van der Waals surface area contributed by atoms with Gasteiger partial charge in [-0.3, -0.25) is 4.98 Å². The van der Waals surface area contributed by atoms with Crippen LogP contribution in [0.2, 0.25) is 0 Å². The van der Waals surface area contributed by atoms with E-state index in [1.807, 2.05) is 0 Å². The molecule has 2 nitrogen and oxygen atoms in total. The van der Waals surface area contributed by atoms with Crippen LogP contribution in [0.15, 0.2) is 6.20 Å². The highest BCUT2D eigenvalue weighted by Crippen LogP contribution is 2.25. The van der Waals surface area contributed by atoms with Gasteiger partial charge in [-0.05, 0) is 36.8 Å². The van der Waals surface area contributed by atoms with Gasteiger partial charge < -0.3 is 0 Å². The maximum absolute atomic E-state index is 8.89. The zero-order chi connectivity index (χ0) is 9.26. The number of hydrogen-bond acceptors (Lipinski definition) is 2. The first kappa shape index (κ1) is 8.25. The molecule has 0 saturated carbocycles. The first-order valence-corrected chi connectivity index (χ1v) is 4.76. The number of pyridine rings is 1. The van der Waals surface area contributed by atoms with Crippen LogP contribution in [0.25, 0.3) is 0 Å². The first-order chi connectivity index (χ1) is 6.36. The Morgan fingerprint density at radius 3 is 3.08 bits per heavy atom. The molecule has 1 aliphatic rings. The van der Waals surface area contributed by atoms with E-state index in [4.69, 9.17) is 5.26 Å². The second-order valence-corrected chi connectivity index (χ2v) is 3.39. The summed E-state index contributed by atoms with van der Waals surface area (Å²) in [6, 6.07) is 2.21. The van der Waals surface area contributed by atoms with Crippen molar-refractivity contribution >= 4 is 0 Å². The van der Waals surface area contributed by atoms with Gasteiger partial charge in [-0.25, -0.2) is 0 Å². The molecular formula is C11H12N2. The smallest absolute Gasteiger partial charge is 0.101 e. The number of nitriles is 1. The van der Waals surface area contributed by atoms with Crippen LogP contribution in [0.3, 0.4) is 0 Å². The number of aromatic nitrogens is 1. The van der Waals surface area contributed by atoms with Crippen LogP contribution >= 0.6 is 0 Å². The van der Waals surface area contributed by atoms with Gasteiger partial charge in [0.05, 0.1) is 5.56 Å². The summed E-state index contributed by atoms with van der Waals surface area (Å²) in [5.41, 5.74) is 4.56. The first-order valence-electron chi connectivity index (χ1n) is 4.76. The zero-order valence-corrected chi connectivity index (χ0v) is 7.80. The molecule has 0 spiro atoms. The van der Waals surface area contributed by atoms with E-state index in [-0.39, 0.29) is 0 Å². The molecule has 0 aromatic carbocycles. The van der Waals surface area contributed by atoms with Crippen molar-refractivity contribution in [3.63, 3.8) is 0 Å². The third-order valence-electron chi connectivity index (χ3n) is 2.70. The summed E-state index contributed by atoms with van der Waals surface area (Å²) in [5.74, 6) is 0. The van der Waals surface area contributed by atoms with E-state index >= 15 is 0 Å². The largest absolute Gasteiger partial charge is 0.260 e. The van der Waals surface area contributed by atoms with Crippen LogP contribution < -0.4 is 0 Å². The summed E-state index contributed by atoms with van der Waals surface area (Å²) in [6.07, 6.45) is 6.08. The molecule has 2 heteroatoms. The van der Waals surface area contributed by atoms with Crippen LogP contribution in [0.1, 0.15) is 35.7 Å². The highest BCUT2D eigenvalue weighted by Gasteiger charge is 2.17. The van der Waals surface area contributed by atoms with Gasteiger partial charge in [-0.1, -0.05) is 6.92 Å². The van der Waals surface area contributed by atoms with E-state index in [1.165, 1.54) is 23.2 Å². The Morgan fingerprint density at radius 2 is 2.38 bits per heavy atom. The zero-order valence-electron chi connectivity index (χ0n) is 7.80.